The maximum absolute atomic E-state index is 3.61. The highest BCUT2D eigenvalue weighted by Crippen LogP contribution is 2.23. The van der Waals surface area contributed by atoms with Crippen LogP contribution >= 0.6 is 0 Å². The van der Waals surface area contributed by atoms with Gasteiger partial charge in [-0.3, -0.25) is 0 Å². The Morgan fingerprint density at radius 3 is 2.56 bits per heavy atom. The van der Waals surface area contributed by atoms with Crippen LogP contribution in [-0.4, -0.2) is 37.1 Å². The van der Waals surface area contributed by atoms with E-state index in [2.05, 4.69) is 37.9 Å². The molecule has 1 aliphatic rings. The second-order valence-electron chi connectivity index (χ2n) is 5.60. The van der Waals surface area contributed by atoms with Gasteiger partial charge in [-0.2, -0.15) is 0 Å². The maximum atomic E-state index is 3.61. The monoisotopic (exact) mass is 226 g/mol. The van der Waals surface area contributed by atoms with Gasteiger partial charge in [-0.25, -0.2) is 0 Å². The van der Waals surface area contributed by atoms with E-state index in [0.29, 0.717) is 6.04 Å². The van der Waals surface area contributed by atoms with Crippen LogP contribution in [0.2, 0.25) is 0 Å². The SMILES string of the molecule is CCCC(CN1CCC(C(C)C)C1)NCC. The fourth-order valence-electron chi connectivity index (χ4n) is 2.78. The van der Waals surface area contributed by atoms with Gasteiger partial charge in [-0.1, -0.05) is 34.1 Å². The topological polar surface area (TPSA) is 15.3 Å². The third kappa shape index (κ3) is 4.42. The van der Waals surface area contributed by atoms with Gasteiger partial charge in [0.1, 0.15) is 0 Å². The van der Waals surface area contributed by atoms with Crippen LogP contribution in [0.25, 0.3) is 0 Å². The Kier molecular flexibility index (Phi) is 6.37. The summed E-state index contributed by atoms with van der Waals surface area (Å²) in [6, 6.07) is 0.709. The number of hydrogen-bond acceptors (Lipinski definition) is 2. The lowest BCUT2D eigenvalue weighted by atomic mass is 9.95. The molecule has 0 amide bonds. The van der Waals surface area contributed by atoms with Gasteiger partial charge in [0.2, 0.25) is 0 Å². The Morgan fingerprint density at radius 1 is 1.31 bits per heavy atom. The van der Waals surface area contributed by atoms with Crippen molar-refractivity contribution in [2.45, 2.75) is 53.0 Å². The molecule has 1 N–H and O–H groups in total. The summed E-state index contributed by atoms with van der Waals surface area (Å²) in [5.74, 6) is 1.79. The molecule has 0 saturated carbocycles. The molecule has 2 heteroatoms. The largest absolute Gasteiger partial charge is 0.313 e. The lowest BCUT2D eigenvalue weighted by Gasteiger charge is -2.24. The second-order valence-corrected chi connectivity index (χ2v) is 5.60. The molecule has 0 aromatic heterocycles. The van der Waals surface area contributed by atoms with Crippen LogP contribution in [0.4, 0.5) is 0 Å². The fraction of sp³-hybridized carbons (Fsp3) is 1.00. The number of likely N-dealkylation sites (N-methyl/N-ethyl adjacent to an activating group) is 1. The summed E-state index contributed by atoms with van der Waals surface area (Å²) >= 11 is 0. The van der Waals surface area contributed by atoms with Gasteiger partial charge >= 0.3 is 0 Å². The molecule has 0 spiro atoms. The first-order valence-corrected chi connectivity index (χ1v) is 7.13. The summed E-state index contributed by atoms with van der Waals surface area (Å²) in [4.78, 5) is 2.66. The number of rotatable bonds is 7. The molecule has 2 unspecified atom stereocenters. The highest BCUT2D eigenvalue weighted by Gasteiger charge is 2.25. The molecular weight excluding hydrogens is 196 g/mol. The Bertz CT molecular complexity index is 174. The van der Waals surface area contributed by atoms with Gasteiger partial charge in [0.25, 0.3) is 0 Å². The van der Waals surface area contributed by atoms with Gasteiger partial charge in [0.05, 0.1) is 0 Å². The second kappa shape index (κ2) is 7.29. The predicted octanol–water partition coefficient (Wildman–Crippen LogP) is 2.74. The summed E-state index contributed by atoms with van der Waals surface area (Å²) in [5, 5.41) is 3.61. The highest BCUT2D eigenvalue weighted by molar-refractivity contribution is 4.81. The minimum absolute atomic E-state index is 0.709. The number of nitrogens with zero attached hydrogens (tertiary/aromatic N) is 1. The Labute approximate surface area is 102 Å². The summed E-state index contributed by atoms with van der Waals surface area (Å²) in [7, 11) is 0. The summed E-state index contributed by atoms with van der Waals surface area (Å²) in [6.07, 6.45) is 4.01. The minimum atomic E-state index is 0.709. The van der Waals surface area contributed by atoms with Crippen molar-refractivity contribution in [3.63, 3.8) is 0 Å². The van der Waals surface area contributed by atoms with Crippen molar-refractivity contribution in [1.82, 2.24) is 10.2 Å². The first kappa shape index (κ1) is 14.0. The van der Waals surface area contributed by atoms with Crippen molar-refractivity contribution in [2.75, 3.05) is 26.2 Å². The smallest absolute Gasteiger partial charge is 0.0194 e. The van der Waals surface area contributed by atoms with E-state index in [4.69, 9.17) is 0 Å². The third-order valence-corrected chi connectivity index (χ3v) is 3.86. The molecular formula is C14H30N2. The van der Waals surface area contributed by atoms with Crippen molar-refractivity contribution in [2.24, 2.45) is 11.8 Å². The highest BCUT2D eigenvalue weighted by atomic mass is 15.2. The lowest BCUT2D eigenvalue weighted by molar-refractivity contribution is 0.263. The zero-order valence-electron chi connectivity index (χ0n) is 11.6. The van der Waals surface area contributed by atoms with E-state index in [-0.39, 0.29) is 0 Å². The number of nitrogens with one attached hydrogen (secondary N) is 1. The van der Waals surface area contributed by atoms with Crippen molar-refractivity contribution >= 4 is 0 Å². The van der Waals surface area contributed by atoms with Gasteiger partial charge in [-0.15, -0.1) is 0 Å². The Morgan fingerprint density at radius 2 is 2.06 bits per heavy atom. The molecule has 2 nitrogen and oxygen atoms in total. The van der Waals surface area contributed by atoms with Crippen LogP contribution in [0.5, 0.6) is 0 Å². The molecule has 1 heterocycles. The summed E-state index contributed by atoms with van der Waals surface area (Å²) in [6.45, 7) is 14.2. The average Bonchev–Trinajstić information content (AvgIpc) is 2.67. The molecule has 0 aromatic carbocycles. The normalized spacial score (nSPS) is 24.2. The lowest BCUT2D eigenvalue weighted by Crippen LogP contribution is -2.40. The van der Waals surface area contributed by atoms with E-state index < -0.39 is 0 Å². The van der Waals surface area contributed by atoms with Gasteiger partial charge < -0.3 is 10.2 Å². The predicted molar refractivity (Wildman–Crippen MR) is 71.8 cm³/mol. The van der Waals surface area contributed by atoms with E-state index in [1.165, 1.54) is 38.9 Å². The van der Waals surface area contributed by atoms with Crippen LogP contribution < -0.4 is 5.32 Å². The molecule has 1 rings (SSSR count). The molecule has 0 radical (unpaired) electrons. The van der Waals surface area contributed by atoms with E-state index in [0.717, 1.165) is 18.4 Å². The Balaban J connectivity index is 2.30. The molecule has 16 heavy (non-hydrogen) atoms. The van der Waals surface area contributed by atoms with E-state index >= 15 is 0 Å². The molecule has 1 saturated heterocycles. The average molecular weight is 226 g/mol. The number of likely N-dealkylation sites (tertiary alicyclic amines) is 1. The van der Waals surface area contributed by atoms with Crippen LogP contribution in [0.3, 0.4) is 0 Å². The fourth-order valence-corrected chi connectivity index (χ4v) is 2.78. The molecule has 96 valence electrons. The van der Waals surface area contributed by atoms with Crippen molar-refractivity contribution in [3.8, 4) is 0 Å². The van der Waals surface area contributed by atoms with E-state index in [1.54, 1.807) is 0 Å². The molecule has 1 fully saturated rings. The van der Waals surface area contributed by atoms with Crippen molar-refractivity contribution < 1.29 is 0 Å². The standard InChI is InChI=1S/C14H30N2/c1-5-7-14(15-6-2)11-16-9-8-13(10-16)12(3)4/h12-15H,5-11H2,1-4H3. The van der Waals surface area contributed by atoms with E-state index in [1.807, 2.05) is 0 Å². The van der Waals surface area contributed by atoms with Crippen LogP contribution in [0, 0.1) is 11.8 Å². The summed E-state index contributed by atoms with van der Waals surface area (Å²) in [5.41, 5.74) is 0. The molecule has 0 aromatic rings. The quantitative estimate of drug-likeness (QED) is 0.718. The zero-order chi connectivity index (χ0) is 12.0. The molecule has 2 atom stereocenters. The Hall–Kier alpha value is -0.0800. The van der Waals surface area contributed by atoms with Crippen LogP contribution in [-0.2, 0) is 0 Å². The van der Waals surface area contributed by atoms with Crippen molar-refractivity contribution in [3.05, 3.63) is 0 Å². The first-order valence-electron chi connectivity index (χ1n) is 7.13. The number of hydrogen-bond donors (Lipinski definition) is 1. The first-order chi connectivity index (χ1) is 7.67. The third-order valence-electron chi connectivity index (χ3n) is 3.86. The van der Waals surface area contributed by atoms with Gasteiger partial charge in [0, 0.05) is 19.1 Å². The van der Waals surface area contributed by atoms with Crippen molar-refractivity contribution in [1.29, 1.82) is 0 Å². The zero-order valence-corrected chi connectivity index (χ0v) is 11.6. The summed E-state index contributed by atoms with van der Waals surface area (Å²) < 4.78 is 0. The van der Waals surface area contributed by atoms with Crippen LogP contribution in [0.15, 0.2) is 0 Å². The van der Waals surface area contributed by atoms with E-state index in [9.17, 15) is 0 Å². The minimum Gasteiger partial charge on any atom is -0.313 e. The maximum Gasteiger partial charge on any atom is 0.0194 e. The van der Waals surface area contributed by atoms with Gasteiger partial charge in [-0.05, 0) is 37.8 Å². The molecule has 0 aliphatic carbocycles. The molecule has 1 aliphatic heterocycles. The van der Waals surface area contributed by atoms with Crippen LogP contribution in [0.1, 0.15) is 47.0 Å². The van der Waals surface area contributed by atoms with Gasteiger partial charge in [0.15, 0.2) is 0 Å². The molecule has 0 bridgehead atoms.